The lowest BCUT2D eigenvalue weighted by Crippen LogP contribution is -2.56. The summed E-state index contributed by atoms with van der Waals surface area (Å²) >= 11 is 0. The topological polar surface area (TPSA) is 92.3 Å². The zero-order valence-corrected chi connectivity index (χ0v) is 20.4. The minimum absolute atomic E-state index is 0. The van der Waals surface area contributed by atoms with Crippen molar-refractivity contribution in [1.82, 2.24) is 30.7 Å². The number of piperidine rings is 1. The lowest BCUT2D eigenvalue weighted by Gasteiger charge is -2.40. The number of aliphatic imine (C=N–C) groups is 1. The van der Waals surface area contributed by atoms with Gasteiger partial charge in [-0.2, -0.15) is 0 Å². The molecule has 10 heteroatoms. The Labute approximate surface area is 191 Å². The molecule has 2 unspecified atom stereocenters. The van der Waals surface area contributed by atoms with Crippen molar-refractivity contribution in [3.8, 4) is 0 Å². The van der Waals surface area contributed by atoms with Gasteiger partial charge in [-0.25, -0.2) is 4.79 Å². The molecule has 29 heavy (non-hydrogen) atoms. The Morgan fingerprint density at radius 3 is 2.34 bits per heavy atom. The maximum atomic E-state index is 12.2. The fourth-order valence-corrected chi connectivity index (χ4v) is 4.48. The predicted molar refractivity (Wildman–Crippen MR) is 125 cm³/mol. The average Bonchev–Trinajstić information content (AvgIpc) is 2.95. The highest BCUT2D eigenvalue weighted by Crippen LogP contribution is 2.30. The summed E-state index contributed by atoms with van der Waals surface area (Å²) < 4.78 is 0. The van der Waals surface area contributed by atoms with E-state index in [1.54, 1.807) is 0 Å². The number of imide groups is 1. The molecule has 3 saturated heterocycles. The van der Waals surface area contributed by atoms with Gasteiger partial charge in [0.05, 0.1) is 0 Å². The van der Waals surface area contributed by atoms with Crippen LogP contribution in [0.2, 0.25) is 0 Å². The number of guanidine groups is 1. The number of hydrogen-bond acceptors (Lipinski definition) is 5. The van der Waals surface area contributed by atoms with Crippen LogP contribution < -0.4 is 16.0 Å². The zero-order valence-electron chi connectivity index (χ0n) is 18.0. The molecule has 9 nitrogen and oxygen atoms in total. The number of amides is 3. The van der Waals surface area contributed by atoms with Crippen LogP contribution in [-0.4, -0.2) is 104 Å². The van der Waals surface area contributed by atoms with E-state index in [1.165, 1.54) is 0 Å². The minimum Gasteiger partial charge on any atom is -0.355 e. The van der Waals surface area contributed by atoms with E-state index in [0.717, 1.165) is 64.6 Å². The Balaban J connectivity index is 0.00000300. The summed E-state index contributed by atoms with van der Waals surface area (Å²) in [6.45, 7) is 11.1. The fourth-order valence-electron chi connectivity index (χ4n) is 4.48. The van der Waals surface area contributed by atoms with Gasteiger partial charge in [-0.15, -0.1) is 24.0 Å². The van der Waals surface area contributed by atoms with E-state index in [-0.39, 0.29) is 41.8 Å². The van der Waals surface area contributed by atoms with Crippen molar-refractivity contribution in [2.75, 3.05) is 59.9 Å². The first kappa shape index (κ1) is 24.1. The predicted octanol–water partition coefficient (Wildman–Crippen LogP) is 0.126. The summed E-state index contributed by atoms with van der Waals surface area (Å²) in [7, 11) is 3.99. The number of likely N-dealkylation sites (tertiary alicyclic amines) is 1. The van der Waals surface area contributed by atoms with Gasteiger partial charge in [-0.1, -0.05) is 0 Å². The van der Waals surface area contributed by atoms with Gasteiger partial charge in [0.15, 0.2) is 5.96 Å². The number of nitrogens with one attached hydrogen (secondary N) is 3. The summed E-state index contributed by atoms with van der Waals surface area (Å²) in [5, 5.41) is 8.71. The van der Waals surface area contributed by atoms with Crippen LogP contribution in [0.4, 0.5) is 4.79 Å². The van der Waals surface area contributed by atoms with Gasteiger partial charge in [0.2, 0.25) is 0 Å². The Bertz CT molecular complexity index is 616. The number of urea groups is 1. The minimum atomic E-state index is -0.796. The summed E-state index contributed by atoms with van der Waals surface area (Å²) in [5.41, 5.74) is -0.796. The average molecular weight is 521 g/mol. The van der Waals surface area contributed by atoms with Gasteiger partial charge in [-0.3, -0.25) is 20.0 Å². The van der Waals surface area contributed by atoms with Crippen LogP contribution in [0.15, 0.2) is 4.99 Å². The summed E-state index contributed by atoms with van der Waals surface area (Å²) in [6, 6.07) is 0.0737. The highest BCUT2D eigenvalue weighted by atomic mass is 127. The third-order valence-electron chi connectivity index (χ3n) is 6.61. The molecule has 0 aromatic heterocycles. The molecule has 0 aromatic carbocycles. The van der Waals surface area contributed by atoms with Crippen LogP contribution in [0, 0.1) is 5.92 Å². The molecular formula is C19H36IN7O2. The van der Waals surface area contributed by atoms with E-state index in [4.69, 9.17) is 0 Å². The van der Waals surface area contributed by atoms with Crippen LogP contribution in [-0.2, 0) is 4.79 Å². The molecule has 3 rings (SSSR count). The molecular weight excluding hydrogens is 485 g/mol. The number of likely N-dealkylation sites (N-methyl/N-ethyl adjacent to an activating group) is 1. The zero-order chi connectivity index (χ0) is 20.3. The van der Waals surface area contributed by atoms with E-state index in [1.807, 2.05) is 14.0 Å². The number of carbonyl (C=O) groups excluding carboxylic acids is 2. The molecule has 3 aliphatic rings. The first-order valence-corrected chi connectivity index (χ1v) is 10.3. The second-order valence-corrected chi connectivity index (χ2v) is 8.49. The van der Waals surface area contributed by atoms with Gasteiger partial charge in [0.25, 0.3) is 5.91 Å². The van der Waals surface area contributed by atoms with E-state index in [2.05, 4.69) is 49.6 Å². The van der Waals surface area contributed by atoms with Crippen LogP contribution in [0.1, 0.15) is 26.7 Å². The normalized spacial score (nSPS) is 28.6. The van der Waals surface area contributed by atoms with Crippen molar-refractivity contribution >= 4 is 41.9 Å². The van der Waals surface area contributed by atoms with Crippen molar-refractivity contribution in [3.05, 3.63) is 0 Å². The molecule has 0 spiro atoms. The monoisotopic (exact) mass is 521 g/mol. The number of carbonyl (C=O) groups is 2. The Morgan fingerprint density at radius 1 is 1.21 bits per heavy atom. The Morgan fingerprint density at radius 2 is 1.83 bits per heavy atom. The van der Waals surface area contributed by atoms with E-state index in [9.17, 15) is 9.59 Å². The van der Waals surface area contributed by atoms with Crippen molar-refractivity contribution in [3.63, 3.8) is 0 Å². The standard InChI is InChI=1S/C19H35N7O2.HI/c1-14(25-11-9-24(4)10-12-25)13-21-17(20-3)26-7-5-15(6-8-26)19(2)16(27)22-18(28)23-19;/h14-15H,5-13H2,1-4H3,(H,20,21)(H2,22,23,27,28);1H. The molecule has 3 heterocycles. The largest absolute Gasteiger partial charge is 0.355 e. The third-order valence-corrected chi connectivity index (χ3v) is 6.61. The number of rotatable bonds is 4. The van der Waals surface area contributed by atoms with E-state index >= 15 is 0 Å². The molecule has 3 amide bonds. The molecule has 3 aliphatic heterocycles. The second-order valence-electron chi connectivity index (χ2n) is 8.49. The fraction of sp³-hybridized carbons (Fsp3) is 0.842. The molecule has 0 radical (unpaired) electrons. The van der Waals surface area contributed by atoms with E-state index < -0.39 is 5.54 Å². The third kappa shape index (κ3) is 5.52. The molecule has 3 N–H and O–H groups in total. The van der Waals surface area contributed by atoms with Gasteiger partial charge in [0, 0.05) is 58.9 Å². The first-order chi connectivity index (χ1) is 13.3. The quantitative estimate of drug-likeness (QED) is 0.211. The maximum Gasteiger partial charge on any atom is 0.322 e. The van der Waals surface area contributed by atoms with Gasteiger partial charge in [0.1, 0.15) is 5.54 Å². The summed E-state index contributed by atoms with van der Waals surface area (Å²) in [5.74, 6) is 0.849. The summed E-state index contributed by atoms with van der Waals surface area (Å²) in [4.78, 5) is 35.3. The van der Waals surface area contributed by atoms with Crippen LogP contribution in [0.5, 0.6) is 0 Å². The SMILES string of the molecule is CN=C(NCC(C)N1CCN(C)CC1)N1CCC(C2(C)NC(=O)NC2=O)CC1.I. The van der Waals surface area contributed by atoms with Gasteiger partial charge < -0.3 is 20.4 Å². The molecule has 0 aromatic rings. The van der Waals surface area contributed by atoms with Crippen molar-refractivity contribution in [2.24, 2.45) is 10.9 Å². The molecule has 3 fully saturated rings. The van der Waals surface area contributed by atoms with Crippen LogP contribution >= 0.6 is 24.0 Å². The first-order valence-electron chi connectivity index (χ1n) is 10.3. The number of piperazine rings is 1. The molecule has 2 atom stereocenters. The molecule has 0 saturated carbocycles. The van der Waals surface area contributed by atoms with E-state index in [0.29, 0.717) is 6.04 Å². The van der Waals surface area contributed by atoms with Crippen LogP contribution in [0.3, 0.4) is 0 Å². The smallest absolute Gasteiger partial charge is 0.322 e. The highest BCUT2D eigenvalue weighted by Gasteiger charge is 2.48. The van der Waals surface area contributed by atoms with Crippen molar-refractivity contribution < 1.29 is 9.59 Å². The number of halogens is 1. The summed E-state index contributed by atoms with van der Waals surface area (Å²) in [6.07, 6.45) is 1.69. The van der Waals surface area contributed by atoms with Gasteiger partial charge >= 0.3 is 6.03 Å². The van der Waals surface area contributed by atoms with Crippen molar-refractivity contribution in [2.45, 2.75) is 38.3 Å². The Hall–Kier alpha value is -1.14. The molecule has 0 aliphatic carbocycles. The molecule has 0 bridgehead atoms. The molecule has 166 valence electrons. The van der Waals surface area contributed by atoms with Crippen molar-refractivity contribution in [1.29, 1.82) is 0 Å². The number of nitrogens with zero attached hydrogens (tertiary/aromatic N) is 4. The lowest BCUT2D eigenvalue weighted by molar-refractivity contribution is -0.125. The second kappa shape index (κ2) is 10.3. The number of hydrogen-bond donors (Lipinski definition) is 3. The maximum absolute atomic E-state index is 12.2. The van der Waals surface area contributed by atoms with Crippen LogP contribution in [0.25, 0.3) is 0 Å². The highest BCUT2D eigenvalue weighted by molar-refractivity contribution is 14.0. The van der Waals surface area contributed by atoms with Gasteiger partial charge in [-0.05, 0) is 39.7 Å². The Kier molecular flexibility index (Phi) is 8.53. The lowest BCUT2D eigenvalue weighted by atomic mass is 9.79.